The second-order valence-electron chi connectivity index (χ2n) is 7.99. The first-order valence-electron chi connectivity index (χ1n) is 10.4. The average molecular weight is 428 g/mol. The molecule has 1 fully saturated rings. The summed E-state index contributed by atoms with van der Waals surface area (Å²) in [4.78, 5) is 35.2. The van der Waals surface area contributed by atoms with Crippen LogP contribution in [0.15, 0.2) is 24.3 Å². The van der Waals surface area contributed by atoms with Gasteiger partial charge in [-0.15, -0.1) is 0 Å². The van der Waals surface area contributed by atoms with Crippen molar-refractivity contribution in [1.82, 2.24) is 15.5 Å². The zero-order chi connectivity index (χ0) is 22.4. The first kappa shape index (κ1) is 22.3. The predicted octanol–water partition coefficient (Wildman–Crippen LogP) is 3.32. The van der Waals surface area contributed by atoms with Gasteiger partial charge in [0.1, 0.15) is 11.9 Å². The molecule has 9 nitrogen and oxygen atoms in total. The number of hydrogen-bond donors (Lipinski definition) is 3. The van der Waals surface area contributed by atoms with Crippen molar-refractivity contribution in [2.75, 3.05) is 11.9 Å². The lowest BCUT2D eigenvalue weighted by Gasteiger charge is -2.14. The lowest BCUT2D eigenvalue weighted by molar-refractivity contribution is -0.118. The molecular weight excluding hydrogens is 400 g/mol. The number of ether oxygens (including phenoxy) is 2. The number of H-pyrrole nitrogens is 1. The standard InChI is InChI=1S/C22H28N4O5/c1-13(2)23-22(29)31-16-8-7-15(9-16)18-10-20(26-25-18)24-21(28)12-30-19-6-4-5-14(3)17(19)11-27/h4-6,10-11,13,15-16H,7-9,12H2,1-3H3,(H,23,29)(H2,24,25,26,28)/t15-,16+/m0/s1. The highest BCUT2D eigenvalue weighted by Gasteiger charge is 2.30. The maximum atomic E-state index is 12.2. The summed E-state index contributed by atoms with van der Waals surface area (Å²) in [5, 5.41) is 12.5. The van der Waals surface area contributed by atoms with Crippen molar-refractivity contribution in [3.8, 4) is 5.75 Å². The van der Waals surface area contributed by atoms with Crippen LogP contribution < -0.4 is 15.4 Å². The van der Waals surface area contributed by atoms with Crippen LogP contribution in [0.5, 0.6) is 5.75 Å². The molecule has 1 aromatic heterocycles. The normalized spacial score (nSPS) is 17.9. The van der Waals surface area contributed by atoms with Crippen LogP contribution in [-0.4, -0.2) is 47.2 Å². The topological polar surface area (TPSA) is 122 Å². The van der Waals surface area contributed by atoms with Gasteiger partial charge in [0.25, 0.3) is 5.91 Å². The van der Waals surface area contributed by atoms with Gasteiger partial charge in [-0.25, -0.2) is 4.79 Å². The number of alkyl carbamates (subject to hydrolysis) is 1. The minimum Gasteiger partial charge on any atom is -0.483 e. The van der Waals surface area contributed by atoms with Crippen molar-refractivity contribution in [3.63, 3.8) is 0 Å². The van der Waals surface area contributed by atoms with Crippen LogP contribution in [0.3, 0.4) is 0 Å². The third kappa shape index (κ3) is 6.07. The number of nitrogens with zero attached hydrogens (tertiary/aromatic N) is 1. The smallest absolute Gasteiger partial charge is 0.407 e. The Labute approximate surface area is 180 Å². The fraction of sp³-hybridized carbons (Fsp3) is 0.455. The molecule has 9 heteroatoms. The van der Waals surface area contributed by atoms with Crippen molar-refractivity contribution in [2.45, 2.75) is 58.1 Å². The minimum atomic E-state index is -0.399. The lowest BCUT2D eigenvalue weighted by Crippen LogP contribution is -2.33. The maximum Gasteiger partial charge on any atom is 0.407 e. The monoisotopic (exact) mass is 428 g/mol. The molecule has 2 aromatic rings. The number of amides is 2. The van der Waals surface area contributed by atoms with E-state index >= 15 is 0 Å². The number of aldehydes is 1. The third-order valence-electron chi connectivity index (χ3n) is 5.13. The zero-order valence-corrected chi connectivity index (χ0v) is 17.9. The summed E-state index contributed by atoms with van der Waals surface area (Å²) in [6, 6.07) is 7.03. The molecule has 0 saturated heterocycles. The number of aryl methyl sites for hydroxylation is 1. The van der Waals surface area contributed by atoms with Gasteiger partial charge >= 0.3 is 6.09 Å². The number of hydrogen-bond acceptors (Lipinski definition) is 6. The Morgan fingerprint density at radius 2 is 2.13 bits per heavy atom. The molecule has 0 spiro atoms. The van der Waals surface area contributed by atoms with E-state index in [9.17, 15) is 14.4 Å². The van der Waals surface area contributed by atoms with Gasteiger partial charge in [0.2, 0.25) is 0 Å². The Morgan fingerprint density at radius 3 is 2.87 bits per heavy atom. The fourth-order valence-electron chi connectivity index (χ4n) is 3.61. The summed E-state index contributed by atoms with van der Waals surface area (Å²) in [5.41, 5.74) is 2.09. The highest BCUT2D eigenvalue weighted by Crippen LogP contribution is 2.35. The lowest BCUT2D eigenvalue weighted by atomic mass is 10.0. The molecule has 1 saturated carbocycles. The molecule has 1 aromatic carbocycles. The number of nitrogens with one attached hydrogen (secondary N) is 3. The summed E-state index contributed by atoms with van der Waals surface area (Å²) in [6.45, 7) is 5.33. The SMILES string of the molecule is Cc1cccc(OCC(=O)Nc2cc([C@H]3CC[C@@H](OC(=O)NC(C)C)C3)[nH]n2)c1C=O. The van der Waals surface area contributed by atoms with E-state index in [0.29, 0.717) is 29.8 Å². The molecular formula is C22H28N4O5. The third-order valence-corrected chi connectivity index (χ3v) is 5.13. The number of benzene rings is 1. The number of carbonyl (C=O) groups is 3. The van der Waals surface area contributed by atoms with Gasteiger partial charge in [0.05, 0.1) is 5.56 Å². The van der Waals surface area contributed by atoms with Crippen molar-refractivity contribution >= 4 is 24.1 Å². The number of aromatic nitrogens is 2. The molecule has 1 aliphatic rings. The first-order chi connectivity index (χ1) is 14.9. The molecule has 0 unspecified atom stereocenters. The van der Waals surface area contributed by atoms with Gasteiger partial charge in [-0.1, -0.05) is 12.1 Å². The summed E-state index contributed by atoms with van der Waals surface area (Å²) in [7, 11) is 0. The quantitative estimate of drug-likeness (QED) is 0.555. The average Bonchev–Trinajstić information content (AvgIpc) is 3.35. The van der Waals surface area contributed by atoms with Crippen molar-refractivity contribution in [3.05, 3.63) is 41.1 Å². The summed E-state index contributed by atoms with van der Waals surface area (Å²) in [5.74, 6) is 0.555. The molecule has 1 heterocycles. The summed E-state index contributed by atoms with van der Waals surface area (Å²) < 4.78 is 10.9. The second-order valence-corrected chi connectivity index (χ2v) is 7.99. The minimum absolute atomic E-state index is 0.0309. The van der Waals surface area contributed by atoms with Crippen LogP contribution in [0.4, 0.5) is 10.6 Å². The van der Waals surface area contributed by atoms with Gasteiger partial charge in [-0.05, 0) is 51.7 Å². The largest absolute Gasteiger partial charge is 0.483 e. The zero-order valence-electron chi connectivity index (χ0n) is 17.9. The second kappa shape index (κ2) is 10.1. The van der Waals surface area contributed by atoms with Crippen LogP contribution in [0.25, 0.3) is 0 Å². The molecule has 0 aliphatic heterocycles. The van der Waals surface area contributed by atoms with Gasteiger partial charge < -0.3 is 20.1 Å². The van der Waals surface area contributed by atoms with Gasteiger partial charge in [-0.2, -0.15) is 5.10 Å². The van der Waals surface area contributed by atoms with Crippen LogP contribution in [0.2, 0.25) is 0 Å². The fourth-order valence-corrected chi connectivity index (χ4v) is 3.61. The maximum absolute atomic E-state index is 12.2. The van der Waals surface area contributed by atoms with Crippen molar-refractivity contribution in [1.29, 1.82) is 0 Å². The summed E-state index contributed by atoms with van der Waals surface area (Å²) in [6.07, 6.45) is 2.52. The van der Waals surface area contributed by atoms with Crippen molar-refractivity contribution in [2.24, 2.45) is 0 Å². The number of carbonyl (C=O) groups excluding carboxylic acids is 3. The van der Waals surface area contributed by atoms with Crippen LogP contribution in [0, 0.1) is 6.92 Å². The van der Waals surface area contributed by atoms with Crippen LogP contribution in [-0.2, 0) is 9.53 Å². The van der Waals surface area contributed by atoms with E-state index in [0.717, 1.165) is 24.1 Å². The molecule has 2 amide bonds. The van der Waals surface area contributed by atoms with E-state index in [1.54, 1.807) is 31.2 Å². The van der Waals surface area contributed by atoms with E-state index in [1.165, 1.54) is 0 Å². The molecule has 3 N–H and O–H groups in total. The van der Waals surface area contributed by atoms with Crippen LogP contribution >= 0.6 is 0 Å². The molecule has 31 heavy (non-hydrogen) atoms. The molecule has 0 bridgehead atoms. The Kier molecular flexibility index (Phi) is 7.28. The Hall–Kier alpha value is -3.36. The van der Waals surface area contributed by atoms with Gasteiger partial charge in [0, 0.05) is 23.7 Å². The predicted molar refractivity (Wildman–Crippen MR) is 114 cm³/mol. The molecule has 3 rings (SSSR count). The molecule has 1 aliphatic carbocycles. The molecule has 166 valence electrons. The van der Waals surface area contributed by atoms with Crippen LogP contribution in [0.1, 0.15) is 60.6 Å². The number of rotatable bonds is 8. The van der Waals surface area contributed by atoms with Gasteiger partial charge in [0.15, 0.2) is 18.7 Å². The summed E-state index contributed by atoms with van der Waals surface area (Å²) >= 11 is 0. The number of aromatic amines is 1. The van der Waals surface area contributed by atoms with E-state index in [4.69, 9.17) is 9.47 Å². The Morgan fingerprint density at radius 1 is 1.32 bits per heavy atom. The first-order valence-corrected chi connectivity index (χ1v) is 10.4. The van der Waals surface area contributed by atoms with Gasteiger partial charge in [-0.3, -0.25) is 14.7 Å². The van der Waals surface area contributed by atoms with E-state index in [-0.39, 0.29) is 30.6 Å². The van der Waals surface area contributed by atoms with E-state index in [1.807, 2.05) is 13.8 Å². The highest BCUT2D eigenvalue weighted by atomic mass is 16.6. The van der Waals surface area contributed by atoms with Crippen molar-refractivity contribution < 1.29 is 23.9 Å². The highest BCUT2D eigenvalue weighted by molar-refractivity contribution is 5.91. The van der Waals surface area contributed by atoms with E-state index < -0.39 is 6.09 Å². The van der Waals surface area contributed by atoms with E-state index in [2.05, 4.69) is 20.8 Å². The Bertz CT molecular complexity index is 940. The molecule has 0 radical (unpaired) electrons. The number of anilines is 1. The molecule has 2 atom stereocenters. The Balaban J connectivity index is 1.49.